The maximum atomic E-state index is 5.28. The molecule has 4 aromatic rings. The van der Waals surface area contributed by atoms with E-state index in [0.717, 1.165) is 28.2 Å². The maximum absolute atomic E-state index is 5.28. The first kappa shape index (κ1) is 16.8. The van der Waals surface area contributed by atoms with E-state index in [2.05, 4.69) is 27.8 Å². The van der Waals surface area contributed by atoms with Gasteiger partial charge < -0.3 is 15.4 Å². The Kier molecular flexibility index (Phi) is 4.83. The Labute approximate surface area is 158 Å². The zero-order valence-electron chi connectivity index (χ0n) is 15.0. The number of rotatable bonds is 6. The summed E-state index contributed by atoms with van der Waals surface area (Å²) in [5.41, 5.74) is 2.95. The van der Waals surface area contributed by atoms with Gasteiger partial charge in [-0.2, -0.15) is 4.98 Å². The topological polar surface area (TPSA) is 59.1 Å². The van der Waals surface area contributed by atoms with Gasteiger partial charge in [-0.3, -0.25) is 0 Å². The lowest BCUT2D eigenvalue weighted by molar-refractivity contribution is 0.415. The molecular formula is C22H20N4O. The van der Waals surface area contributed by atoms with Crippen LogP contribution in [-0.2, 0) is 6.54 Å². The Morgan fingerprint density at radius 1 is 0.852 bits per heavy atom. The van der Waals surface area contributed by atoms with Gasteiger partial charge in [-0.1, -0.05) is 48.5 Å². The number of methoxy groups -OCH3 is 1. The summed E-state index contributed by atoms with van der Waals surface area (Å²) in [7, 11) is 1.65. The smallest absolute Gasteiger partial charge is 0.229 e. The summed E-state index contributed by atoms with van der Waals surface area (Å²) >= 11 is 0. The van der Waals surface area contributed by atoms with Crippen LogP contribution < -0.4 is 15.4 Å². The molecule has 0 saturated carbocycles. The first-order valence-corrected chi connectivity index (χ1v) is 8.77. The molecule has 0 fully saturated rings. The highest BCUT2D eigenvalue weighted by Crippen LogP contribution is 2.25. The van der Waals surface area contributed by atoms with Crippen LogP contribution in [0.15, 0.2) is 78.9 Å². The third-order valence-electron chi connectivity index (χ3n) is 4.23. The summed E-state index contributed by atoms with van der Waals surface area (Å²) < 4.78 is 5.28. The second-order valence-electron chi connectivity index (χ2n) is 6.11. The molecule has 5 heteroatoms. The zero-order chi connectivity index (χ0) is 18.5. The first-order valence-electron chi connectivity index (χ1n) is 8.77. The molecule has 1 heterocycles. The van der Waals surface area contributed by atoms with Crippen molar-refractivity contribution in [2.75, 3.05) is 17.7 Å². The molecule has 0 bridgehead atoms. The van der Waals surface area contributed by atoms with Crippen molar-refractivity contribution in [2.45, 2.75) is 6.54 Å². The van der Waals surface area contributed by atoms with Crippen LogP contribution in [0.5, 0.6) is 5.75 Å². The van der Waals surface area contributed by atoms with Gasteiger partial charge in [0.1, 0.15) is 11.6 Å². The van der Waals surface area contributed by atoms with Gasteiger partial charge in [0.2, 0.25) is 5.95 Å². The highest BCUT2D eigenvalue weighted by Gasteiger charge is 2.08. The van der Waals surface area contributed by atoms with E-state index in [-0.39, 0.29) is 0 Å². The van der Waals surface area contributed by atoms with E-state index in [1.807, 2.05) is 66.7 Å². The van der Waals surface area contributed by atoms with Crippen molar-refractivity contribution < 1.29 is 4.74 Å². The normalized spacial score (nSPS) is 10.6. The van der Waals surface area contributed by atoms with E-state index < -0.39 is 0 Å². The number of anilines is 3. The number of benzene rings is 3. The summed E-state index contributed by atoms with van der Waals surface area (Å²) in [6, 6.07) is 25.9. The van der Waals surface area contributed by atoms with Crippen molar-refractivity contribution in [1.82, 2.24) is 9.97 Å². The highest BCUT2D eigenvalue weighted by atomic mass is 16.5. The molecule has 0 aliphatic carbocycles. The minimum absolute atomic E-state index is 0.539. The fourth-order valence-corrected chi connectivity index (χ4v) is 2.88. The lowest BCUT2D eigenvalue weighted by atomic mass is 10.2. The highest BCUT2D eigenvalue weighted by molar-refractivity contribution is 5.90. The molecular weight excluding hydrogens is 336 g/mol. The summed E-state index contributed by atoms with van der Waals surface area (Å²) in [5.74, 6) is 2.12. The number of ether oxygens (including phenoxy) is 1. The van der Waals surface area contributed by atoms with Crippen molar-refractivity contribution in [1.29, 1.82) is 0 Å². The predicted molar refractivity (Wildman–Crippen MR) is 110 cm³/mol. The molecule has 0 aliphatic heterocycles. The molecule has 0 amide bonds. The van der Waals surface area contributed by atoms with Gasteiger partial charge in [-0.25, -0.2) is 4.98 Å². The van der Waals surface area contributed by atoms with E-state index in [9.17, 15) is 0 Å². The second-order valence-corrected chi connectivity index (χ2v) is 6.11. The molecule has 4 rings (SSSR count). The molecule has 5 nitrogen and oxygen atoms in total. The SMILES string of the molecule is COc1cccc(Nc2nc(NCc3ccccc3)c3ccccc3n2)c1. The molecule has 0 radical (unpaired) electrons. The van der Waals surface area contributed by atoms with Gasteiger partial charge in [0, 0.05) is 23.7 Å². The van der Waals surface area contributed by atoms with Crippen LogP contribution >= 0.6 is 0 Å². The van der Waals surface area contributed by atoms with Crippen LogP contribution in [0.25, 0.3) is 10.9 Å². The fourth-order valence-electron chi connectivity index (χ4n) is 2.88. The lowest BCUT2D eigenvalue weighted by Gasteiger charge is -2.12. The van der Waals surface area contributed by atoms with Gasteiger partial charge in [0.15, 0.2) is 0 Å². The van der Waals surface area contributed by atoms with Gasteiger partial charge >= 0.3 is 0 Å². The molecule has 27 heavy (non-hydrogen) atoms. The molecule has 0 saturated heterocycles. The van der Waals surface area contributed by atoms with Crippen molar-refractivity contribution in [3.63, 3.8) is 0 Å². The molecule has 3 aromatic carbocycles. The Balaban J connectivity index is 1.65. The van der Waals surface area contributed by atoms with E-state index in [1.165, 1.54) is 5.56 Å². The van der Waals surface area contributed by atoms with Crippen LogP contribution in [0.4, 0.5) is 17.5 Å². The van der Waals surface area contributed by atoms with Crippen molar-refractivity contribution in [2.24, 2.45) is 0 Å². The maximum Gasteiger partial charge on any atom is 0.229 e. The Morgan fingerprint density at radius 3 is 2.52 bits per heavy atom. The van der Waals surface area contributed by atoms with Gasteiger partial charge in [-0.05, 0) is 29.8 Å². The van der Waals surface area contributed by atoms with Crippen LogP contribution in [0.1, 0.15) is 5.56 Å². The molecule has 0 unspecified atom stereocenters. The Bertz CT molecular complexity index is 1050. The number of hydrogen-bond donors (Lipinski definition) is 2. The van der Waals surface area contributed by atoms with Crippen molar-refractivity contribution in [3.05, 3.63) is 84.4 Å². The molecule has 1 aromatic heterocycles. The van der Waals surface area contributed by atoms with Gasteiger partial charge in [0.05, 0.1) is 12.6 Å². The summed E-state index contributed by atoms with van der Waals surface area (Å²) in [6.45, 7) is 0.695. The fraction of sp³-hybridized carbons (Fsp3) is 0.0909. The van der Waals surface area contributed by atoms with E-state index in [4.69, 9.17) is 9.72 Å². The number of nitrogens with one attached hydrogen (secondary N) is 2. The van der Waals surface area contributed by atoms with Crippen LogP contribution in [0.2, 0.25) is 0 Å². The number of aromatic nitrogens is 2. The molecule has 0 atom stereocenters. The molecule has 0 spiro atoms. The average molecular weight is 356 g/mol. The Hall–Kier alpha value is -3.60. The summed E-state index contributed by atoms with van der Waals surface area (Å²) in [6.07, 6.45) is 0. The number of fused-ring (bicyclic) bond motifs is 1. The van der Waals surface area contributed by atoms with E-state index >= 15 is 0 Å². The van der Waals surface area contributed by atoms with E-state index in [0.29, 0.717) is 12.5 Å². The minimum Gasteiger partial charge on any atom is -0.497 e. The van der Waals surface area contributed by atoms with Gasteiger partial charge in [0.25, 0.3) is 0 Å². The largest absolute Gasteiger partial charge is 0.497 e. The van der Waals surface area contributed by atoms with Crippen LogP contribution in [-0.4, -0.2) is 17.1 Å². The lowest BCUT2D eigenvalue weighted by Crippen LogP contribution is -2.05. The van der Waals surface area contributed by atoms with Crippen LogP contribution in [0, 0.1) is 0 Å². The number of hydrogen-bond acceptors (Lipinski definition) is 5. The monoisotopic (exact) mass is 356 g/mol. The first-order chi connectivity index (χ1) is 13.3. The van der Waals surface area contributed by atoms with Crippen molar-refractivity contribution in [3.8, 4) is 5.75 Å². The summed E-state index contributed by atoms with van der Waals surface area (Å²) in [4.78, 5) is 9.33. The Morgan fingerprint density at radius 2 is 1.67 bits per heavy atom. The van der Waals surface area contributed by atoms with E-state index in [1.54, 1.807) is 7.11 Å². The summed E-state index contributed by atoms with van der Waals surface area (Å²) in [5, 5.41) is 7.69. The van der Waals surface area contributed by atoms with Gasteiger partial charge in [-0.15, -0.1) is 0 Å². The quantitative estimate of drug-likeness (QED) is 0.509. The third-order valence-corrected chi connectivity index (χ3v) is 4.23. The predicted octanol–water partition coefficient (Wildman–Crippen LogP) is 4.99. The standard InChI is InChI=1S/C22H20N4O/c1-27-18-11-7-10-17(14-18)24-22-25-20-13-6-5-12-19(20)21(26-22)23-15-16-8-3-2-4-9-16/h2-14H,15H2,1H3,(H2,23,24,25,26). The molecule has 2 N–H and O–H groups in total. The van der Waals surface area contributed by atoms with Crippen molar-refractivity contribution >= 4 is 28.4 Å². The second kappa shape index (κ2) is 7.74. The molecule has 0 aliphatic rings. The van der Waals surface area contributed by atoms with Crippen LogP contribution in [0.3, 0.4) is 0 Å². The number of nitrogens with zero attached hydrogens (tertiary/aromatic N) is 2. The molecule has 134 valence electrons. The minimum atomic E-state index is 0.539. The number of para-hydroxylation sites is 1. The zero-order valence-corrected chi connectivity index (χ0v) is 15.0. The average Bonchev–Trinajstić information content (AvgIpc) is 2.73. The third kappa shape index (κ3) is 3.98.